The first kappa shape index (κ1) is 12.2. The molecule has 0 bridgehead atoms. The van der Waals surface area contributed by atoms with E-state index in [2.05, 4.69) is 43.5 Å². The van der Waals surface area contributed by atoms with Crippen LogP contribution in [0.1, 0.15) is 50.3 Å². The molecule has 0 aromatic heterocycles. The first-order chi connectivity index (χ1) is 7.31. The van der Waals surface area contributed by atoms with Crippen LogP contribution in [0.15, 0.2) is 24.3 Å². The summed E-state index contributed by atoms with van der Waals surface area (Å²) in [5.74, 6) is 5.57. The van der Waals surface area contributed by atoms with Crippen molar-refractivity contribution in [2.75, 3.05) is 0 Å². The lowest BCUT2D eigenvalue weighted by atomic mass is 10.00. The third-order valence-electron chi connectivity index (χ3n) is 2.84. The molecule has 0 fully saturated rings. The van der Waals surface area contributed by atoms with E-state index in [-0.39, 0.29) is 0 Å². The monoisotopic (exact) mass is 206 g/mol. The van der Waals surface area contributed by atoms with E-state index < -0.39 is 0 Å². The third kappa shape index (κ3) is 3.65. The van der Waals surface area contributed by atoms with Gasteiger partial charge in [-0.3, -0.25) is 11.3 Å². The lowest BCUT2D eigenvalue weighted by Gasteiger charge is -2.16. The highest BCUT2D eigenvalue weighted by Crippen LogP contribution is 2.19. The number of nitrogens with one attached hydrogen (secondary N) is 1. The number of rotatable bonds is 6. The van der Waals surface area contributed by atoms with Gasteiger partial charge < -0.3 is 0 Å². The summed E-state index contributed by atoms with van der Waals surface area (Å²) < 4.78 is 0. The summed E-state index contributed by atoms with van der Waals surface area (Å²) in [6.07, 6.45) is 4.63. The fourth-order valence-corrected chi connectivity index (χ4v) is 1.74. The molecule has 84 valence electrons. The van der Waals surface area contributed by atoms with Crippen molar-refractivity contribution in [1.82, 2.24) is 5.43 Å². The second-order valence-electron chi connectivity index (χ2n) is 3.96. The fourth-order valence-electron chi connectivity index (χ4n) is 1.74. The molecular weight excluding hydrogens is 184 g/mol. The Labute approximate surface area is 92.8 Å². The summed E-state index contributed by atoms with van der Waals surface area (Å²) in [5, 5.41) is 0. The second kappa shape index (κ2) is 6.59. The van der Waals surface area contributed by atoms with Crippen LogP contribution in [0.5, 0.6) is 0 Å². The van der Waals surface area contributed by atoms with Gasteiger partial charge in [-0.25, -0.2) is 0 Å². The van der Waals surface area contributed by atoms with E-state index in [0.29, 0.717) is 6.04 Å². The zero-order valence-electron chi connectivity index (χ0n) is 9.79. The Kier molecular flexibility index (Phi) is 5.37. The largest absolute Gasteiger partial charge is 0.271 e. The van der Waals surface area contributed by atoms with E-state index in [1.54, 1.807) is 0 Å². The number of hydrogen-bond donors (Lipinski definition) is 2. The third-order valence-corrected chi connectivity index (χ3v) is 2.84. The molecule has 0 saturated carbocycles. The van der Waals surface area contributed by atoms with Crippen molar-refractivity contribution in [3.05, 3.63) is 35.4 Å². The van der Waals surface area contributed by atoms with Gasteiger partial charge in [0, 0.05) is 6.04 Å². The first-order valence-corrected chi connectivity index (χ1v) is 5.86. The maximum atomic E-state index is 5.57. The Bertz CT molecular complexity index is 266. The zero-order chi connectivity index (χ0) is 11.1. The van der Waals surface area contributed by atoms with Gasteiger partial charge in [0.15, 0.2) is 0 Å². The van der Waals surface area contributed by atoms with Crippen molar-refractivity contribution in [3.63, 3.8) is 0 Å². The normalized spacial score (nSPS) is 12.7. The average molecular weight is 206 g/mol. The van der Waals surface area contributed by atoms with Crippen molar-refractivity contribution in [2.24, 2.45) is 5.84 Å². The highest BCUT2D eigenvalue weighted by atomic mass is 15.2. The van der Waals surface area contributed by atoms with Gasteiger partial charge in [-0.2, -0.15) is 0 Å². The van der Waals surface area contributed by atoms with Crippen LogP contribution >= 0.6 is 0 Å². The molecule has 0 heterocycles. The molecule has 0 aliphatic heterocycles. The lowest BCUT2D eigenvalue weighted by molar-refractivity contribution is 0.495. The minimum atomic E-state index is 0.302. The summed E-state index contributed by atoms with van der Waals surface area (Å²) in [6.45, 7) is 4.37. The summed E-state index contributed by atoms with van der Waals surface area (Å²) in [4.78, 5) is 0. The molecule has 1 unspecified atom stereocenters. The maximum absolute atomic E-state index is 5.57. The molecule has 15 heavy (non-hydrogen) atoms. The molecule has 2 nitrogen and oxygen atoms in total. The molecule has 0 amide bonds. The Balaban J connectivity index is 2.65. The molecule has 3 N–H and O–H groups in total. The van der Waals surface area contributed by atoms with Crippen molar-refractivity contribution in [1.29, 1.82) is 0 Å². The quantitative estimate of drug-likeness (QED) is 0.555. The van der Waals surface area contributed by atoms with Crippen molar-refractivity contribution < 1.29 is 0 Å². The summed E-state index contributed by atoms with van der Waals surface area (Å²) >= 11 is 0. The highest BCUT2D eigenvalue weighted by molar-refractivity contribution is 5.24. The van der Waals surface area contributed by atoms with E-state index in [4.69, 9.17) is 5.84 Å². The van der Waals surface area contributed by atoms with E-state index >= 15 is 0 Å². The number of aryl methyl sites for hydroxylation is 1. The van der Waals surface area contributed by atoms with E-state index in [0.717, 1.165) is 12.8 Å². The molecule has 0 spiro atoms. The number of benzene rings is 1. The van der Waals surface area contributed by atoms with Crippen LogP contribution in [0.25, 0.3) is 0 Å². The van der Waals surface area contributed by atoms with E-state index in [1.807, 2.05) is 0 Å². The minimum Gasteiger partial charge on any atom is -0.271 e. The van der Waals surface area contributed by atoms with Gasteiger partial charge in [0.1, 0.15) is 0 Å². The average Bonchev–Trinajstić information content (AvgIpc) is 2.31. The second-order valence-corrected chi connectivity index (χ2v) is 3.96. The summed E-state index contributed by atoms with van der Waals surface area (Å²) in [7, 11) is 0. The van der Waals surface area contributed by atoms with Crippen molar-refractivity contribution in [3.8, 4) is 0 Å². The predicted molar refractivity (Wildman–Crippen MR) is 65.4 cm³/mol. The molecule has 1 aromatic carbocycles. The molecule has 2 heteroatoms. The molecule has 1 rings (SSSR count). The molecule has 0 aliphatic carbocycles. The van der Waals surface area contributed by atoms with Crippen LogP contribution < -0.4 is 11.3 Å². The van der Waals surface area contributed by atoms with Gasteiger partial charge in [0.25, 0.3) is 0 Å². The summed E-state index contributed by atoms with van der Waals surface area (Å²) in [5.41, 5.74) is 5.56. The number of hydrogen-bond acceptors (Lipinski definition) is 2. The van der Waals surface area contributed by atoms with Gasteiger partial charge in [-0.15, -0.1) is 0 Å². The fraction of sp³-hybridized carbons (Fsp3) is 0.538. The van der Waals surface area contributed by atoms with Crippen molar-refractivity contribution in [2.45, 2.75) is 45.6 Å². The first-order valence-electron chi connectivity index (χ1n) is 5.86. The molecule has 0 aliphatic rings. The summed E-state index contributed by atoms with van der Waals surface area (Å²) in [6, 6.07) is 9.03. The maximum Gasteiger partial charge on any atom is 0.0460 e. The van der Waals surface area contributed by atoms with Crippen LogP contribution in [0.2, 0.25) is 0 Å². The van der Waals surface area contributed by atoms with E-state index in [9.17, 15) is 0 Å². The molecular formula is C13H22N2. The smallest absolute Gasteiger partial charge is 0.0460 e. The zero-order valence-corrected chi connectivity index (χ0v) is 9.79. The molecule has 0 radical (unpaired) electrons. The number of unbranched alkanes of at least 4 members (excludes halogenated alkanes) is 1. The predicted octanol–water partition coefficient (Wildman–Crippen LogP) is 2.94. The van der Waals surface area contributed by atoms with Crippen LogP contribution in [0.3, 0.4) is 0 Å². The Morgan fingerprint density at radius 1 is 1.20 bits per heavy atom. The molecule has 1 aromatic rings. The van der Waals surface area contributed by atoms with Crippen LogP contribution in [0, 0.1) is 0 Å². The van der Waals surface area contributed by atoms with Crippen LogP contribution in [-0.2, 0) is 6.42 Å². The molecule has 0 saturated heterocycles. The van der Waals surface area contributed by atoms with Crippen LogP contribution in [-0.4, -0.2) is 0 Å². The van der Waals surface area contributed by atoms with E-state index in [1.165, 1.54) is 24.0 Å². The lowest BCUT2D eigenvalue weighted by Crippen LogP contribution is -2.27. The SMILES string of the molecule is CCCCC(NN)c1ccc(CC)cc1. The van der Waals surface area contributed by atoms with Crippen molar-refractivity contribution >= 4 is 0 Å². The highest BCUT2D eigenvalue weighted by Gasteiger charge is 2.07. The van der Waals surface area contributed by atoms with Gasteiger partial charge in [-0.1, -0.05) is 51.0 Å². The van der Waals surface area contributed by atoms with Gasteiger partial charge in [-0.05, 0) is 24.0 Å². The Morgan fingerprint density at radius 2 is 1.87 bits per heavy atom. The number of nitrogens with two attached hydrogens (primary N) is 1. The van der Waals surface area contributed by atoms with Crippen LogP contribution in [0.4, 0.5) is 0 Å². The van der Waals surface area contributed by atoms with Gasteiger partial charge in [0.2, 0.25) is 0 Å². The van der Waals surface area contributed by atoms with Gasteiger partial charge >= 0.3 is 0 Å². The Hall–Kier alpha value is -0.860. The van der Waals surface area contributed by atoms with Gasteiger partial charge in [0.05, 0.1) is 0 Å². The molecule has 1 atom stereocenters. The minimum absolute atomic E-state index is 0.302. The standard InChI is InChI=1S/C13H22N2/c1-3-5-6-13(15-14)12-9-7-11(4-2)8-10-12/h7-10,13,15H,3-6,14H2,1-2H3. The number of hydrazine groups is 1. The topological polar surface area (TPSA) is 38.0 Å². The Morgan fingerprint density at radius 3 is 2.33 bits per heavy atom.